The van der Waals surface area contributed by atoms with Gasteiger partial charge in [-0.2, -0.15) is 5.10 Å². The van der Waals surface area contributed by atoms with Crippen LogP contribution in [0.3, 0.4) is 0 Å². The lowest BCUT2D eigenvalue weighted by Gasteiger charge is -2.04. The van der Waals surface area contributed by atoms with Gasteiger partial charge in [0.15, 0.2) is 0 Å². The second-order valence-electron chi connectivity index (χ2n) is 4.77. The SMILES string of the molecule is NS(=O)(=O)c1cnn(CCc2ccc3c(c2)CCO3)c1. The predicted molar refractivity (Wildman–Crippen MR) is 72.9 cm³/mol. The van der Waals surface area contributed by atoms with Crippen molar-refractivity contribution in [3.8, 4) is 5.75 Å². The third-order valence-corrected chi connectivity index (χ3v) is 4.19. The second kappa shape index (κ2) is 4.92. The van der Waals surface area contributed by atoms with Gasteiger partial charge >= 0.3 is 0 Å². The minimum Gasteiger partial charge on any atom is -0.493 e. The zero-order valence-corrected chi connectivity index (χ0v) is 11.6. The molecule has 0 unspecified atom stereocenters. The Labute approximate surface area is 117 Å². The summed E-state index contributed by atoms with van der Waals surface area (Å²) >= 11 is 0. The van der Waals surface area contributed by atoms with E-state index in [1.807, 2.05) is 12.1 Å². The van der Waals surface area contributed by atoms with Gasteiger partial charge in [0.2, 0.25) is 10.0 Å². The summed E-state index contributed by atoms with van der Waals surface area (Å²) in [7, 11) is -3.67. The van der Waals surface area contributed by atoms with Crippen molar-refractivity contribution in [1.29, 1.82) is 0 Å². The van der Waals surface area contributed by atoms with E-state index in [9.17, 15) is 8.42 Å². The number of nitrogens with zero attached hydrogens (tertiary/aromatic N) is 2. The van der Waals surface area contributed by atoms with E-state index in [1.54, 1.807) is 4.68 Å². The summed E-state index contributed by atoms with van der Waals surface area (Å²) in [6, 6.07) is 6.14. The van der Waals surface area contributed by atoms with Gasteiger partial charge in [-0.15, -0.1) is 0 Å². The van der Waals surface area contributed by atoms with Crippen molar-refractivity contribution in [1.82, 2.24) is 9.78 Å². The predicted octanol–water partition coefficient (Wildman–Crippen LogP) is 0.708. The Balaban J connectivity index is 1.69. The lowest BCUT2D eigenvalue weighted by Crippen LogP contribution is -2.11. The smallest absolute Gasteiger partial charge is 0.241 e. The minimum atomic E-state index is -3.67. The van der Waals surface area contributed by atoms with Gasteiger partial charge < -0.3 is 4.74 Å². The van der Waals surface area contributed by atoms with Crippen molar-refractivity contribution in [3.63, 3.8) is 0 Å². The minimum absolute atomic E-state index is 0.0415. The number of primary sulfonamides is 1. The van der Waals surface area contributed by atoms with Crippen LogP contribution in [0, 0.1) is 0 Å². The molecule has 7 heteroatoms. The maximum atomic E-state index is 11.2. The molecular weight excluding hydrogens is 278 g/mol. The highest BCUT2D eigenvalue weighted by atomic mass is 32.2. The van der Waals surface area contributed by atoms with Gasteiger partial charge in [0.1, 0.15) is 10.6 Å². The standard InChI is InChI=1S/C13H15N3O3S/c14-20(17,18)12-8-15-16(9-12)5-3-10-1-2-13-11(7-10)4-6-19-13/h1-2,7-9H,3-6H2,(H2,14,17,18). The molecule has 2 N–H and O–H groups in total. The molecule has 2 heterocycles. The van der Waals surface area contributed by atoms with Gasteiger partial charge in [-0.1, -0.05) is 12.1 Å². The fraction of sp³-hybridized carbons (Fsp3) is 0.308. The quantitative estimate of drug-likeness (QED) is 0.899. The third-order valence-electron chi connectivity index (χ3n) is 3.32. The molecule has 20 heavy (non-hydrogen) atoms. The highest BCUT2D eigenvalue weighted by Gasteiger charge is 2.13. The number of rotatable bonds is 4. The zero-order valence-electron chi connectivity index (χ0n) is 10.8. The number of ether oxygens (including phenoxy) is 1. The molecule has 3 rings (SSSR count). The average molecular weight is 293 g/mol. The van der Waals surface area contributed by atoms with E-state index in [2.05, 4.69) is 11.2 Å². The molecular formula is C13H15N3O3S. The van der Waals surface area contributed by atoms with Crippen molar-refractivity contribution in [2.75, 3.05) is 6.61 Å². The summed E-state index contributed by atoms with van der Waals surface area (Å²) in [6.07, 6.45) is 4.44. The Kier molecular flexibility index (Phi) is 3.23. The van der Waals surface area contributed by atoms with Crippen LogP contribution < -0.4 is 9.88 Å². The average Bonchev–Trinajstić information content (AvgIpc) is 3.04. The zero-order chi connectivity index (χ0) is 14.2. The second-order valence-corrected chi connectivity index (χ2v) is 6.34. The molecule has 0 spiro atoms. The van der Waals surface area contributed by atoms with Crippen LogP contribution in [-0.4, -0.2) is 24.8 Å². The Hall–Kier alpha value is -1.86. The first kappa shape index (κ1) is 13.1. The summed E-state index contributed by atoms with van der Waals surface area (Å²) in [4.78, 5) is 0.0415. The fourth-order valence-corrected chi connectivity index (χ4v) is 2.72. The molecule has 1 aromatic heterocycles. The van der Waals surface area contributed by atoms with Crippen LogP contribution in [0.25, 0.3) is 0 Å². The number of benzene rings is 1. The maximum absolute atomic E-state index is 11.2. The molecule has 0 fully saturated rings. The first-order chi connectivity index (χ1) is 9.52. The Morgan fingerprint density at radius 3 is 3.00 bits per heavy atom. The van der Waals surface area contributed by atoms with Crippen molar-refractivity contribution < 1.29 is 13.2 Å². The molecule has 2 aromatic rings. The maximum Gasteiger partial charge on any atom is 0.241 e. The lowest BCUT2D eigenvalue weighted by molar-refractivity contribution is 0.357. The van der Waals surface area contributed by atoms with Crippen LogP contribution >= 0.6 is 0 Å². The van der Waals surface area contributed by atoms with Crippen molar-refractivity contribution in [2.24, 2.45) is 5.14 Å². The summed E-state index contributed by atoms with van der Waals surface area (Å²) in [5.74, 6) is 0.962. The molecule has 0 saturated carbocycles. The van der Waals surface area contributed by atoms with E-state index in [-0.39, 0.29) is 4.90 Å². The van der Waals surface area contributed by atoms with E-state index in [0.29, 0.717) is 6.54 Å². The number of nitrogens with two attached hydrogens (primary N) is 1. The van der Waals surface area contributed by atoms with Crippen LogP contribution in [0.5, 0.6) is 5.75 Å². The van der Waals surface area contributed by atoms with Gasteiger partial charge in [0, 0.05) is 19.2 Å². The third kappa shape index (κ3) is 2.68. The van der Waals surface area contributed by atoms with Crippen LogP contribution in [0.4, 0.5) is 0 Å². The molecule has 0 bridgehead atoms. The molecule has 0 saturated heterocycles. The number of hydrogen-bond donors (Lipinski definition) is 1. The van der Waals surface area contributed by atoms with Gasteiger partial charge in [0.05, 0.1) is 12.8 Å². The topological polar surface area (TPSA) is 87.2 Å². The molecule has 0 radical (unpaired) electrons. The number of sulfonamides is 1. The van der Waals surface area contributed by atoms with Gasteiger partial charge in [-0.3, -0.25) is 4.68 Å². The van der Waals surface area contributed by atoms with E-state index >= 15 is 0 Å². The highest BCUT2D eigenvalue weighted by molar-refractivity contribution is 7.89. The molecule has 0 amide bonds. The first-order valence-corrected chi connectivity index (χ1v) is 7.87. The van der Waals surface area contributed by atoms with Gasteiger partial charge in [-0.05, 0) is 23.6 Å². The van der Waals surface area contributed by atoms with E-state index in [0.717, 1.165) is 25.2 Å². The Morgan fingerprint density at radius 1 is 1.40 bits per heavy atom. The highest BCUT2D eigenvalue weighted by Crippen LogP contribution is 2.26. The van der Waals surface area contributed by atoms with Crippen molar-refractivity contribution >= 4 is 10.0 Å². The molecule has 106 valence electrons. The molecule has 6 nitrogen and oxygen atoms in total. The van der Waals surface area contributed by atoms with Crippen molar-refractivity contribution in [3.05, 3.63) is 41.7 Å². The number of aromatic nitrogens is 2. The summed E-state index contributed by atoms with van der Waals surface area (Å²) in [5.41, 5.74) is 2.41. The Bertz CT molecular complexity index is 737. The number of fused-ring (bicyclic) bond motifs is 1. The van der Waals surface area contributed by atoms with Crippen LogP contribution in [0.15, 0.2) is 35.5 Å². The largest absolute Gasteiger partial charge is 0.493 e. The van der Waals surface area contributed by atoms with Gasteiger partial charge in [0.25, 0.3) is 0 Å². The van der Waals surface area contributed by atoms with E-state index in [1.165, 1.54) is 23.5 Å². The summed E-state index contributed by atoms with van der Waals surface area (Å²) in [5, 5.41) is 9.05. The molecule has 0 atom stereocenters. The Morgan fingerprint density at radius 2 is 2.25 bits per heavy atom. The molecule has 1 aliphatic heterocycles. The summed E-state index contributed by atoms with van der Waals surface area (Å²) in [6.45, 7) is 1.35. The van der Waals surface area contributed by atoms with Gasteiger partial charge in [-0.25, -0.2) is 13.6 Å². The van der Waals surface area contributed by atoms with E-state index < -0.39 is 10.0 Å². The van der Waals surface area contributed by atoms with Crippen LogP contribution in [0.2, 0.25) is 0 Å². The molecule has 0 aliphatic carbocycles. The normalized spacial score (nSPS) is 14.1. The van der Waals surface area contributed by atoms with Crippen molar-refractivity contribution in [2.45, 2.75) is 24.3 Å². The monoisotopic (exact) mass is 293 g/mol. The summed E-state index contributed by atoms with van der Waals surface area (Å²) < 4.78 is 29.4. The van der Waals surface area contributed by atoms with Crippen LogP contribution in [0.1, 0.15) is 11.1 Å². The van der Waals surface area contributed by atoms with Crippen LogP contribution in [-0.2, 0) is 29.4 Å². The number of aryl methyl sites for hydroxylation is 2. The lowest BCUT2D eigenvalue weighted by atomic mass is 10.1. The molecule has 1 aliphatic rings. The number of hydrogen-bond acceptors (Lipinski definition) is 4. The fourth-order valence-electron chi connectivity index (χ4n) is 2.25. The van der Waals surface area contributed by atoms with E-state index in [4.69, 9.17) is 9.88 Å². The first-order valence-electron chi connectivity index (χ1n) is 6.32. The molecule has 1 aromatic carbocycles.